The van der Waals surface area contributed by atoms with Gasteiger partial charge in [0.25, 0.3) is 5.69 Å². The van der Waals surface area contributed by atoms with E-state index in [9.17, 15) is 19.7 Å². The summed E-state index contributed by atoms with van der Waals surface area (Å²) in [6, 6.07) is 5.60. The maximum atomic E-state index is 12.4. The number of thioether (sulfide) groups is 1. The van der Waals surface area contributed by atoms with Crippen molar-refractivity contribution in [2.24, 2.45) is 0 Å². The summed E-state index contributed by atoms with van der Waals surface area (Å²) in [5.41, 5.74) is 2.05. The molecule has 1 aromatic carbocycles. The molecule has 1 aliphatic rings. The highest BCUT2D eigenvalue weighted by atomic mass is 32.2. The smallest absolute Gasteiger partial charge is 0.348 e. The maximum Gasteiger partial charge on any atom is 0.348 e. The number of fused-ring (bicyclic) bond motifs is 1. The van der Waals surface area contributed by atoms with Crippen LogP contribution in [-0.2, 0) is 24.2 Å². The Hall–Kier alpha value is -2.72. The van der Waals surface area contributed by atoms with Crippen LogP contribution in [0.15, 0.2) is 34.1 Å². The Balaban J connectivity index is 1.69. The van der Waals surface area contributed by atoms with Gasteiger partial charge in [-0.05, 0) is 44.2 Å². The molecule has 0 radical (unpaired) electrons. The Morgan fingerprint density at radius 2 is 2.00 bits per heavy atom. The first-order valence-electron chi connectivity index (χ1n) is 9.40. The van der Waals surface area contributed by atoms with Crippen LogP contribution in [0, 0.1) is 10.1 Å². The lowest BCUT2D eigenvalue weighted by atomic mass is 9.97. The molecule has 0 spiro atoms. The summed E-state index contributed by atoms with van der Waals surface area (Å²) in [6.07, 6.45) is 4.11. The number of carbonyl (C=O) groups is 1. The molecule has 0 aliphatic heterocycles. The van der Waals surface area contributed by atoms with Gasteiger partial charge in [0.15, 0.2) is 0 Å². The number of nitro groups is 1. The van der Waals surface area contributed by atoms with Gasteiger partial charge in [-0.15, -0.1) is 0 Å². The van der Waals surface area contributed by atoms with Gasteiger partial charge in [0.1, 0.15) is 5.03 Å². The molecular weight excluding hydrogens is 396 g/mol. The third kappa shape index (κ3) is 5.21. The van der Waals surface area contributed by atoms with Crippen molar-refractivity contribution in [3.05, 3.63) is 56.1 Å². The lowest BCUT2D eigenvalue weighted by molar-refractivity contribution is -0.384. The first-order chi connectivity index (χ1) is 14.0. The number of non-ortho nitro benzene ring substituents is 1. The third-order valence-electron chi connectivity index (χ3n) is 4.69. The van der Waals surface area contributed by atoms with Crippen LogP contribution in [0.1, 0.15) is 30.5 Å². The number of anilines is 1. The zero-order valence-corrected chi connectivity index (χ0v) is 16.6. The summed E-state index contributed by atoms with van der Waals surface area (Å²) in [5.74, 6) is -0.198. The van der Waals surface area contributed by atoms with Gasteiger partial charge < -0.3 is 10.4 Å². The second-order valence-corrected chi connectivity index (χ2v) is 7.67. The van der Waals surface area contributed by atoms with Crippen LogP contribution in [0.5, 0.6) is 0 Å². The second kappa shape index (κ2) is 9.66. The SMILES string of the molecule is O=C(CSc1nc(=O)n(CCCO)c2c1CCCC2)Nc1ccc([N+](=O)[O-])cc1. The molecule has 0 fully saturated rings. The minimum atomic E-state index is -0.501. The number of amides is 1. The molecule has 1 aromatic heterocycles. The van der Waals surface area contributed by atoms with E-state index in [-0.39, 0.29) is 29.6 Å². The van der Waals surface area contributed by atoms with Crippen molar-refractivity contribution in [2.45, 2.75) is 43.7 Å². The lowest BCUT2D eigenvalue weighted by Crippen LogP contribution is -2.30. The second-order valence-electron chi connectivity index (χ2n) is 6.70. The quantitative estimate of drug-likeness (QED) is 0.291. The number of aromatic nitrogens is 2. The Bertz CT molecular complexity index is 958. The van der Waals surface area contributed by atoms with Gasteiger partial charge in [0.05, 0.1) is 10.7 Å². The van der Waals surface area contributed by atoms with E-state index in [4.69, 9.17) is 5.11 Å². The first kappa shape index (κ1) is 21.0. The topological polar surface area (TPSA) is 127 Å². The predicted molar refractivity (Wildman–Crippen MR) is 109 cm³/mol. The molecule has 0 saturated heterocycles. The summed E-state index contributed by atoms with van der Waals surface area (Å²) >= 11 is 1.22. The fourth-order valence-electron chi connectivity index (χ4n) is 3.32. The first-order valence-corrected chi connectivity index (χ1v) is 10.4. The van der Waals surface area contributed by atoms with Gasteiger partial charge in [-0.3, -0.25) is 19.5 Å². The van der Waals surface area contributed by atoms with Gasteiger partial charge in [-0.2, -0.15) is 4.98 Å². The molecule has 0 saturated carbocycles. The van der Waals surface area contributed by atoms with Gasteiger partial charge in [0, 0.05) is 42.2 Å². The van der Waals surface area contributed by atoms with Crippen molar-refractivity contribution in [1.82, 2.24) is 9.55 Å². The molecule has 2 aromatic rings. The molecule has 3 rings (SSSR count). The Kier molecular flexibility index (Phi) is 6.99. The summed E-state index contributed by atoms with van der Waals surface area (Å²) < 4.78 is 1.64. The zero-order chi connectivity index (χ0) is 20.8. The van der Waals surface area contributed by atoms with Crippen LogP contribution in [-0.4, -0.2) is 37.8 Å². The molecule has 1 amide bonds. The number of nitrogens with zero attached hydrogens (tertiary/aromatic N) is 3. The van der Waals surface area contributed by atoms with Gasteiger partial charge in [-0.1, -0.05) is 11.8 Å². The van der Waals surface area contributed by atoms with Crippen molar-refractivity contribution in [3.8, 4) is 0 Å². The van der Waals surface area contributed by atoms with E-state index in [2.05, 4.69) is 10.3 Å². The molecule has 29 heavy (non-hydrogen) atoms. The summed E-state index contributed by atoms with van der Waals surface area (Å²) in [6.45, 7) is 0.455. The molecule has 0 unspecified atom stereocenters. The van der Waals surface area contributed by atoms with Crippen molar-refractivity contribution in [2.75, 3.05) is 17.7 Å². The lowest BCUT2D eigenvalue weighted by Gasteiger charge is -2.22. The minimum absolute atomic E-state index is 0.0144. The minimum Gasteiger partial charge on any atom is -0.396 e. The van der Waals surface area contributed by atoms with E-state index in [0.29, 0.717) is 23.7 Å². The summed E-state index contributed by atoms with van der Waals surface area (Å²) in [4.78, 5) is 39.1. The van der Waals surface area contributed by atoms with Gasteiger partial charge in [0.2, 0.25) is 5.91 Å². The van der Waals surface area contributed by atoms with Crippen molar-refractivity contribution in [3.63, 3.8) is 0 Å². The number of benzene rings is 1. The standard InChI is InChI=1S/C19H22N4O5S/c24-11-3-10-22-16-5-2-1-4-15(16)18(21-19(22)26)29-12-17(25)20-13-6-8-14(9-7-13)23(27)28/h6-9,24H,1-5,10-12H2,(H,20,25). The third-order valence-corrected chi connectivity index (χ3v) is 5.71. The fourth-order valence-corrected chi connectivity index (χ4v) is 4.20. The van der Waals surface area contributed by atoms with E-state index in [1.54, 1.807) is 4.57 Å². The van der Waals surface area contributed by atoms with Crippen LogP contribution in [0.2, 0.25) is 0 Å². The number of nitro benzene ring substituents is 1. The molecule has 10 heteroatoms. The largest absolute Gasteiger partial charge is 0.396 e. The monoisotopic (exact) mass is 418 g/mol. The number of aliphatic hydroxyl groups is 1. The van der Waals surface area contributed by atoms with Crippen molar-refractivity contribution < 1.29 is 14.8 Å². The van der Waals surface area contributed by atoms with Crippen molar-refractivity contribution in [1.29, 1.82) is 0 Å². The number of rotatable bonds is 8. The molecule has 9 nitrogen and oxygen atoms in total. The number of hydrogen-bond donors (Lipinski definition) is 2. The van der Waals surface area contributed by atoms with E-state index in [1.807, 2.05) is 0 Å². The maximum absolute atomic E-state index is 12.4. The van der Waals surface area contributed by atoms with Crippen LogP contribution in [0.3, 0.4) is 0 Å². The van der Waals surface area contributed by atoms with E-state index in [1.165, 1.54) is 36.0 Å². The summed E-state index contributed by atoms with van der Waals surface area (Å²) in [7, 11) is 0. The Morgan fingerprint density at radius 1 is 1.28 bits per heavy atom. The molecule has 1 aliphatic carbocycles. The van der Waals surface area contributed by atoms with E-state index < -0.39 is 4.92 Å². The zero-order valence-electron chi connectivity index (χ0n) is 15.8. The molecule has 0 bridgehead atoms. The Labute approximate surface area is 171 Å². The van der Waals surface area contributed by atoms with Crippen LogP contribution in [0.25, 0.3) is 0 Å². The van der Waals surface area contributed by atoms with E-state index >= 15 is 0 Å². The number of aliphatic hydroxyl groups excluding tert-OH is 1. The fraction of sp³-hybridized carbons (Fsp3) is 0.421. The number of hydrogen-bond acceptors (Lipinski definition) is 7. The average Bonchev–Trinajstić information content (AvgIpc) is 2.72. The molecular formula is C19H22N4O5S. The van der Waals surface area contributed by atoms with Crippen LogP contribution >= 0.6 is 11.8 Å². The van der Waals surface area contributed by atoms with Gasteiger partial charge >= 0.3 is 5.69 Å². The molecule has 154 valence electrons. The molecule has 1 heterocycles. The number of carbonyl (C=O) groups excluding carboxylic acids is 1. The van der Waals surface area contributed by atoms with Crippen molar-refractivity contribution >= 4 is 29.0 Å². The van der Waals surface area contributed by atoms with Crippen LogP contribution < -0.4 is 11.0 Å². The Morgan fingerprint density at radius 3 is 2.69 bits per heavy atom. The highest BCUT2D eigenvalue weighted by molar-refractivity contribution is 8.00. The normalized spacial score (nSPS) is 13.0. The highest BCUT2D eigenvalue weighted by Gasteiger charge is 2.21. The molecule has 2 N–H and O–H groups in total. The average molecular weight is 418 g/mol. The highest BCUT2D eigenvalue weighted by Crippen LogP contribution is 2.28. The van der Waals surface area contributed by atoms with Gasteiger partial charge in [-0.25, -0.2) is 4.79 Å². The van der Waals surface area contributed by atoms with E-state index in [0.717, 1.165) is 36.9 Å². The molecule has 0 atom stereocenters. The predicted octanol–water partition coefficient (Wildman–Crippen LogP) is 2.14. The van der Waals surface area contributed by atoms with Crippen LogP contribution in [0.4, 0.5) is 11.4 Å². The number of nitrogens with one attached hydrogen (secondary N) is 1. The summed E-state index contributed by atoms with van der Waals surface area (Å²) in [5, 5.41) is 23.0.